The summed E-state index contributed by atoms with van der Waals surface area (Å²) in [7, 11) is -14.4. The number of fused-ring (bicyclic) bond motifs is 3. The van der Waals surface area contributed by atoms with E-state index in [4.69, 9.17) is 30.7 Å². The maximum absolute atomic E-state index is 13.2. The highest BCUT2D eigenvalue weighted by Crippen LogP contribution is 2.66. The number of phosphoric acid groups is 3. The summed E-state index contributed by atoms with van der Waals surface area (Å²) in [6.07, 6.45) is -1.87. The molecule has 1 aromatic heterocycles. The van der Waals surface area contributed by atoms with Crippen LogP contribution in [0.1, 0.15) is 67.4 Å². The number of nitrogens with one attached hydrogen (secondary N) is 3. The fourth-order valence-electron chi connectivity index (χ4n) is 6.87. The highest BCUT2D eigenvalue weighted by atomic mass is 33.1. The summed E-state index contributed by atoms with van der Waals surface area (Å²) in [6.45, 7) is -0.755. The van der Waals surface area contributed by atoms with Crippen LogP contribution in [0, 0.1) is 11.8 Å². The Kier molecular flexibility index (Phi) is 20.4. The Balaban J connectivity index is 1.07. The number of aromatic nitrogens is 2. The van der Waals surface area contributed by atoms with Crippen LogP contribution in [0.3, 0.4) is 0 Å². The number of phosphoric ester groups is 1. The van der Waals surface area contributed by atoms with Crippen LogP contribution in [-0.4, -0.2) is 114 Å². The van der Waals surface area contributed by atoms with Crippen molar-refractivity contribution in [3.63, 3.8) is 0 Å². The molecular weight excluding hydrogens is 1010 g/mol. The first kappa shape index (κ1) is 55.3. The minimum atomic E-state index is -5.79. The zero-order valence-electron chi connectivity index (χ0n) is 36.3. The number of anilines is 1. The maximum Gasteiger partial charge on any atom is 0.490 e. The number of benzene rings is 2. The Bertz CT molecular complexity index is 2570. The highest BCUT2D eigenvalue weighted by molar-refractivity contribution is 8.76. The number of aliphatic hydroxyl groups is 1. The molecule has 376 valence electrons. The highest BCUT2D eigenvalue weighted by Gasteiger charge is 2.43. The second-order valence-electron chi connectivity index (χ2n) is 15.1. The van der Waals surface area contributed by atoms with Crippen LogP contribution >= 0.6 is 45.1 Å². The van der Waals surface area contributed by atoms with Gasteiger partial charge in [0.15, 0.2) is 0 Å². The van der Waals surface area contributed by atoms with Crippen molar-refractivity contribution in [3.05, 3.63) is 81.9 Å². The molecule has 1 aliphatic heterocycles. The van der Waals surface area contributed by atoms with E-state index in [9.17, 15) is 52.6 Å². The molecule has 1 aliphatic carbocycles. The molecule has 6 atom stereocenters. The molecule has 5 rings (SSSR count). The van der Waals surface area contributed by atoms with Crippen LogP contribution in [-0.2, 0) is 50.7 Å². The van der Waals surface area contributed by atoms with Gasteiger partial charge in [-0.15, -0.1) is 0 Å². The number of primary amides is 1. The van der Waals surface area contributed by atoms with Gasteiger partial charge in [0, 0.05) is 49.4 Å². The zero-order chi connectivity index (χ0) is 50.4. The van der Waals surface area contributed by atoms with E-state index < -0.39 is 78.1 Å². The Morgan fingerprint density at radius 1 is 0.913 bits per heavy atom. The third-order valence-electron chi connectivity index (χ3n) is 9.99. The van der Waals surface area contributed by atoms with Gasteiger partial charge in [0.25, 0.3) is 0 Å². The average molecular weight is 1060 g/mol. The first-order valence-electron chi connectivity index (χ1n) is 20.8. The van der Waals surface area contributed by atoms with Gasteiger partial charge in [-0.1, -0.05) is 88.4 Å². The normalized spacial score (nSPS) is 18.6. The Hall–Kier alpha value is -4.61. The maximum atomic E-state index is 13.2. The molecule has 3 aromatic rings. The number of hydrogen-bond acceptors (Lipinski definition) is 18. The number of ether oxygens (including phenoxy) is 2. The number of hydrogen-bond donors (Lipinski definition) is 10. The van der Waals surface area contributed by atoms with Gasteiger partial charge in [0.2, 0.25) is 17.7 Å². The molecule has 1 saturated heterocycles. The molecule has 12 N–H and O–H groups in total. The Morgan fingerprint density at radius 2 is 1.59 bits per heavy atom. The van der Waals surface area contributed by atoms with Gasteiger partial charge >= 0.3 is 35.3 Å². The number of nitrogens with two attached hydrogens (primary N) is 2. The van der Waals surface area contributed by atoms with E-state index in [-0.39, 0.29) is 61.4 Å². The van der Waals surface area contributed by atoms with E-state index >= 15 is 0 Å². The van der Waals surface area contributed by atoms with Gasteiger partial charge in [-0.3, -0.25) is 23.5 Å². The first-order chi connectivity index (χ1) is 32.6. The van der Waals surface area contributed by atoms with Gasteiger partial charge in [0.1, 0.15) is 30.8 Å². The van der Waals surface area contributed by atoms with E-state index in [2.05, 4.69) is 45.9 Å². The van der Waals surface area contributed by atoms with Crippen molar-refractivity contribution >= 4 is 74.7 Å². The number of amides is 4. The van der Waals surface area contributed by atoms with Crippen molar-refractivity contribution in [1.82, 2.24) is 25.5 Å². The van der Waals surface area contributed by atoms with E-state index in [0.29, 0.717) is 31.6 Å². The van der Waals surface area contributed by atoms with Crippen molar-refractivity contribution in [1.29, 1.82) is 0 Å². The minimum absolute atomic E-state index is 0.0268. The second kappa shape index (κ2) is 25.5. The van der Waals surface area contributed by atoms with Crippen molar-refractivity contribution in [3.8, 4) is 23.0 Å². The van der Waals surface area contributed by atoms with Crippen molar-refractivity contribution < 1.29 is 80.2 Å². The number of rotatable bonds is 25. The lowest BCUT2D eigenvalue weighted by atomic mass is 9.98. The zero-order valence-corrected chi connectivity index (χ0v) is 40.6. The third-order valence-corrected chi connectivity index (χ3v) is 16.2. The lowest BCUT2D eigenvalue weighted by Crippen LogP contribution is -2.48. The number of unbranched alkanes of at least 4 members (excludes halogenated alkanes) is 2. The average Bonchev–Trinajstić information content (AvgIpc) is 3.80. The fraction of sp³-hybridized carbons (Fsp3) is 0.436. The van der Waals surface area contributed by atoms with Crippen LogP contribution < -0.4 is 33.1 Å². The molecule has 0 saturated carbocycles. The van der Waals surface area contributed by atoms with Crippen LogP contribution in [0.2, 0.25) is 0 Å². The number of carbonyl (C=O) groups is 4. The summed E-state index contributed by atoms with van der Waals surface area (Å²) >= 11 is 0. The molecule has 30 heteroatoms. The van der Waals surface area contributed by atoms with Crippen molar-refractivity contribution in [2.75, 3.05) is 43.5 Å². The molecule has 1 fully saturated rings. The summed E-state index contributed by atoms with van der Waals surface area (Å²) < 4.78 is 58.4. The summed E-state index contributed by atoms with van der Waals surface area (Å²) in [6, 6.07) is 14.8. The number of aliphatic hydroxyl groups excluding tert-OH is 1. The predicted octanol–water partition coefficient (Wildman–Crippen LogP) is 2.13. The molecule has 0 radical (unpaired) electrons. The smallest absolute Gasteiger partial charge is 0.449 e. The third kappa shape index (κ3) is 17.6. The number of nitrogen functional groups attached to an aromatic ring is 1. The SMILES string of the molecule is NC(=O)CCCCCNC(=O)C(CSSCCC(=O)NCC#Cc1cn([C@H]2CC(O)[C@@H](COP(=O)(O)OP(=O)(O)OP(=O)(O)O)O2)c(=O)nc1N)NC(=O)OCC1c2ccccc2-c2ccccc21. The molecule has 0 bridgehead atoms. The van der Waals surface area contributed by atoms with Crippen LogP contribution in [0.4, 0.5) is 10.6 Å². The Morgan fingerprint density at radius 3 is 2.26 bits per heavy atom. The number of alkyl carbamates (subject to hydrolysis) is 1. The summed E-state index contributed by atoms with van der Waals surface area (Å²) in [5.41, 5.74) is 14.4. The first-order valence-corrected chi connectivity index (χ1v) is 27.8. The van der Waals surface area contributed by atoms with Crippen molar-refractivity contribution in [2.45, 2.75) is 68.9 Å². The molecule has 69 heavy (non-hydrogen) atoms. The summed E-state index contributed by atoms with van der Waals surface area (Å²) in [4.78, 5) is 103. The van der Waals surface area contributed by atoms with Gasteiger partial charge < -0.3 is 61.6 Å². The second-order valence-corrected chi connectivity index (χ2v) is 22.1. The fourth-order valence-corrected chi connectivity index (χ4v) is 12.1. The van der Waals surface area contributed by atoms with Crippen LogP contribution in [0.15, 0.2) is 59.5 Å². The molecule has 25 nitrogen and oxygen atoms in total. The molecule has 2 aliphatic rings. The molecular formula is C39H50N7O18P3S2. The van der Waals surface area contributed by atoms with Gasteiger partial charge in [-0.25, -0.2) is 23.3 Å². The van der Waals surface area contributed by atoms with E-state index in [1.807, 2.05) is 48.5 Å². The van der Waals surface area contributed by atoms with Crippen molar-refractivity contribution in [2.24, 2.45) is 5.73 Å². The predicted molar refractivity (Wildman–Crippen MR) is 249 cm³/mol. The minimum Gasteiger partial charge on any atom is -0.449 e. The standard InChI is InChI=1S/C39H50N7O18P3S2/c40-33(48)14-2-1-7-16-43-37(50)30(44-39(52)60-21-29-27-12-5-3-10-25(27)26-11-4-6-13-28(26)29)23-69-68-18-15-34(49)42-17-8-9-24-20-46(38(51)45-36(24)41)35-19-31(47)32(62-35)22-61-66(56,57)64-67(58,59)63-65(53,54)55/h3-6,10-13,20,29-32,35,47H,1-2,7,14-19,21-23H2,(H2,40,48)(H,42,49)(H,43,50)(H,44,52)(H,56,57)(H,58,59)(H2,41,45,51)(H2,53,54,55)/t30?,31?,32-,35-/m1/s1. The number of nitrogens with zero attached hydrogens (tertiary/aromatic N) is 2. The lowest BCUT2D eigenvalue weighted by Gasteiger charge is -2.19. The molecule has 2 heterocycles. The van der Waals surface area contributed by atoms with E-state index in [1.54, 1.807) is 0 Å². The molecule has 4 unspecified atom stereocenters. The van der Waals surface area contributed by atoms with E-state index in [0.717, 1.165) is 33.0 Å². The lowest BCUT2D eigenvalue weighted by molar-refractivity contribution is -0.122. The van der Waals surface area contributed by atoms with E-state index in [1.165, 1.54) is 21.6 Å². The van der Waals surface area contributed by atoms with Gasteiger partial charge in [-0.05, 0) is 35.1 Å². The largest absolute Gasteiger partial charge is 0.490 e. The van der Waals surface area contributed by atoms with Gasteiger partial charge in [-0.2, -0.15) is 13.6 Å². The molecule has 2 aromatic carbocycles. The van der Waals surface area contributed by atoms with Crippen LogP contribution in [0.25, 0.3) is 11.1 Å². The van der Waals surface area contributed by atoms with Crippen LogP contribution in [0.5, 0.6) is 0 Å². The topological polar surface area (TPSA) is 390 Å². The summed E-state index contributed by atoms with van der Waals surface area (Å²) in [5.74, 6) is 4.16. The number of carbonyl (C=O) groups excluding carboxylic acids is 4. The summed E-state index contributed by atoms with van der Waals surface area (Å²) in [5, 5.41) is 18.6. The molecule has 0 spiro atoms. The van der Waals surface area contributed by atoms with Gasteiger partial charge in [0.05, 0.1) is 24.8 Å². The Labute approximate surface area is 402 Å². The molecule has 4 amide bonds. The monoisotopic (exact) mass is 1060 g/mol. The quantitative estimate of drug-likeness (QED) is 0.0251.